The second-order valence-electron chi connectivity index (χ2n) is 7.60. The maximum Gasteiger partial charge on any atom is 0.433 e. The first-order chi connectivity index (χ1) is 16.1. The standard InChI is InChI=1S/C21H20F3N5O5/c1-2-20(16(30)18(31)26-11-6-7-12-13(10-11)34-28-17(12)25)19(32)29(8-9-33-20)15-5-3-4-14(27-15)21(22,23)24/h3-7,10,16,30H,2,8-9H2,1H3,(H2,25,28)(H,26,31)/t16-,20-/m0/s1. The Morgan fingerprint density at radius 3 is 2.82 bits per heavy atom. The molecule has 3 heterocycles. The molecule has 0 bridgehead atoms. The fourth-order valence-corrected chi connectivity index (χ4v) is 3.76. The highest BCUT2D eigenvalue weighted by molar-refractivity contribution is 6.06. The van der Waals surface area contributed by atoms with Gasteiger partial charge in [-0.2, -0.15) is 13.2 Å². The number of ether oxygens (including phenoxy) is 1. The van der Waals surface area contributed by atoms with Crippen LogP contribution in [0.2, 0.25) is 0 Å². The summed E-state index contributed by atoms with van der Waals surface area (Å²) in [5, 5.41) is 17.5. The van der Waals surface area contributed by atoms with E-state index in [-0.39, 0.29) is 36.9 Å². The Morgan fingerprint density at radius 2 is 2.12 bits per heavy atom. The molecule has 34 heavy (non-hydrogen) atoms. The summed E-state index contributed by atoms with van der Waals surface area (Å²) >= 11 is 0. The summed E-state index contributed by atoms with van der Waals surface area (Å²) in [7, 11) is 0. The normalized spacial score (nSPS) is 19.9. The summed E-state index contributed by atoms with van der Waals surface area (Å²) in [4.78, 5) is 30.7. The first-order valence-electron chi connectivity index (χ1n) is 10.2. The van der Waals surface area contributed by atoms with Gasteiger partial charge in [0.25, 0.3) is 11.8 Å². The zero-order valence-corrected chi connectivity index (χ0v) is 17.8. The molecule has 2 atom stereocenters. The molecule has 0 radical (unpaired) electrons. The molecule has 2 amide bonds. The number of hydrogen-bond donors (Lipinski definition) is 3. The van der Waals surface area contributed by atoms with E-state index in [1.807, 2.05) is 0 Å². The van der Waals surface area contributed by atoms with E-state index < -0.39 is 35.4 Å². The number of nitrogens with two attached hydrogens (primary N) is 1. The van der Waals surface area contributed by atoms with Crippen molar-refractivity contribution in [1.29, 1.82) is 0 Å². The van der Waals surface area contributed by atoms with E-state index in [1.165, 1.54) is 25.1 Å². The van der Waals surface area contributed by atoms with Crippen molar-refractivity contribution in [2.45, 2.75) is 31.2 Å². The molecular formula is C21H20F3N5O5. The number of nitrogens with one attached hydrogen (secondary N) is 1. The first kappa shape index (κ1) is 23.4. The van der Waals surface area contributed by atoms with E-state index in [9.17, 15) is 27.9 Å². The summed E-state index contributed by atoms with van der Waals surface area (Å²) in [6.07, 6.45) is -6.82. The number of aliphatic hydroxyl groups is 1. The zero-order valence-electron chi connectivity index (χ0n) is 17.8. The lowest BCUT2D eigenvalue weighted by Gasteiger charge is -2.42. The first-order valence-corrected chi connectivity index (χ1v) is 10.2. The highest BCUT2D eigenvalue weighted by atomic mass is 19.4. The summed E-state index contributed by atoms with van der Waals surface area (Å²) in [5.74, 6) is -1.93. The number of anilines is 3. The van der Waals surface area contributed by atoms with Crippen LogP contribution in [0.3, 0.4) is 0 Å². The Hall–Kier alpha value is -3.71. The molecule has 13 heteroatoms. The number of nitrogen functional groups attached to an aromatic ring is 1. The van der Waals surface area contributed by atoms with Crippen molar-refractivity contribution >= 4 is 40.1 Å². The minimum Gasteiger partial charge on any atom is -0.380 e. The smallest absolute Gasteiger partial charge is 0.380 e. The Bertz CT molecular complexity index is 1250. The van der Waals surface area contributed by atoms with Crippen molar-refractivity contribution in [3.05, 3.63) is 42.1 Å². The number of benzene rings is 1. The average molecular weight is 479 g/mol. The summed E-state index contributed by atoms with van der Waals surface area (Å²) in [5.41, 5.74) is 2.99. The van der Waals surface area contributed by atoms with Crippen molar-refractivity contribution < 1.29 is 37.1 Å². The number of rotatable bonds is 5. The molecule has 4 rings (SSSR count). The molecule has 1 fully saturated rings. The predicted octanol–water partition coefficient (Wildman–Crippen LogP) is 2.34. The molecule has 2 aromatic heterocycles. The van der Waals surface area contributed by atoms with Gasteiger partial charge in [0.1, 0.15) is 11.5 Å². The van der Waals surface area contributed by atoms with E-state index in [1.54, 1.807) is 6.07 Å². The number of fused-ring (bicyclic) bond motifs is 1. The fraction of sp³-hybridized carbons (Fsp3) is 0.333. The molecule has 0 aliphatic carbocycles. The largest absolute Gasteiger partial charge is 0.433 e. The lowest BCUT2D eigenvalue weighted by Crippen LogP contribution is -2.65. The number of aromatic nitrogens is 2. The van der Waals surface area contributed by atoms with Gasteiger partial charge >= 0.3 is 6.18 Å². The number of carbonyl (C=O) groups excluding carboxylic acids is 2. The number of halogens is 3. The van der Waals surface area contributed by atoms with Crippen LogP contribution in [0, 0.1) is 0 Å². The number of carbonyl (C=O) groups is 2. The molecule has 1 aromatic carbocycles. The maximum absolute atomic E-state index is 13.3. The van der Waals surface area contributed by atoms with Gasteiger partial charge in [0.15, 0.2) is 23.1 Å². The van der Waals surface area contributed by atoms with Gasteiger partial charge in [-0.3, -0.25) is 14.5 Å². The van der Waals surface area contributed by atoms with Gasteiger partial charge in [0.05, 0.1) is 18.5 Å². The molecule has 180 valence electrons. The Kier molecular flexibility index (Phi) is 5.91. The van der Waals surface area contributed by atoms with Crippen LogP contribution in [-0.2, 0) is 20.5 Å². The van der Waals surface area contributed by atoms with Gasteiger partial charge in [-0.05, 0) is 30.7 Å². The molecule has 3 aromatic rings. The van der Waals surface area contributed by atoms with E-state index in [4.69, 9.17) is 15.0 Å². The fourth-order valence-electron chi connectivity index (χ4n) is 3.76. The topological polar surface area (TPSA) is 144 Å². The molecule has 0 saturated carbocycles. The third-order valence-electron chi connectivity index (χ3n) is 5.57. The third-order valence-corrected chi connectivity index (χ3v) is 5.57. The summed E-state index contributed by atoms with van der Waals surface area (Å²) < 4.78 is 49.9. The Morgan fingerprint density at radius 1 is 1.35 bits per heavy atom. The number of amides is 2. The van der Waals surface area contributed by atoms with Crippen molar-refractivity contribution in [3.63, 3.8) is 0 Å². The van der Waals surface area contributed by atoms with Crippen LogP contribution in [-0.4, -0.2) is 51.9 Å². The van der Waals surface area contributed by atoms with Crippen LogP contribution in [0.4, 0.5) is 30.5 Å². The van der Waals surface area contributed by atoms with Crippen LogP contribution in [0.15, 0.2) is 40.9 Å². The number of aliphatic hydroxyl groups excluding tert-OH is 1. The summed E-state index contributed by atoms with van der Waals surface area (Å²) in [6.45, 7) is 1.28. The van der Waals surface area contributed by atoms with E-state index in [0.29, 0.717) is 11.0 Å². The average Bonchev–Trinajstić information content (AvgIpc) is 3.18. The van der Waals surface area contributed by atoms with Gasteiger partial charge < -0.3 is 25.4 Å². The number of alkyl halides is 3. The van der Waals surface area contributed by atoms with Crippen LogP contribution in [0.25, 0.3) is 11.0 Å². The monoisotopic (exact) mass is 479 g/mol. The van der Waals surface area contributed by atoms with Gasteiger partial charge in [0.2, 0.25) is 0 Å². The van der Waals surface area contributed by atoms with Crippen LogP contribution in [0.1, 0.15) is 19.0 Å². The molecule has 0 spiro atoms. The molecule has 1 aliphatic rings. The highest BCUT2D eigenvalue weighted by Gasteiger charge is 2.53. The van der Waals surface area contributed by atoms with Crippen LogP contribution >= 0.6 is 0 Å². The number of morpholine rings is 1. The second kappa shape index (κ2) is 8.57. The van der Waals surface area contributed by atoms with Crippen molar-refractivity contribution in [1.82, 2.24) is 10.1 Å². The van der Waals surface area contributed by atoms with E-state index >= 15 is 0 Å². The number of nitrogens with zero attached hydrogens (tertiary/aromatic N) is 3. The van der Waals surface area contributed by atoms with E-state index in [2.05, 4.69) is 15.5 Å². The highest BCUT2D eigenvalue weighted by Crippen LogP contribution is 2.33. The van der Waals surface area contributed by atoms with Gasteiger partial charge in [-0.25, -0.2) is 4.98 Å². The Labute approximate surface area is 190 Å². The van der Waals surface area contributed by atoms with Gasteiger partial charge in [-0.1, -0.05) is 18.1 Å². The predicted molar refractivity (Wildman–Crippen MR) is 114 cm³/mol. The van der Waals surface area contributed by atoms with E-state index in [0.717, 1.165) is 17.0 Å². The second-order valence-corrected chi connectivity index (χ2v) is 7.60. The molecular weight excluding hydrogens is 459 g/mol. The van der Waals surface area contributed by atoms with Crippen molar-refractivity contribution in [2.24, 2.45) is 0 Å². The lowest BCUT2D eigenvalue weighted by molar-refractivity contribution is -0.175. The quantitative estimate of drug-likeness (QED) is 0.506. The maximum atomic E-state index is 13.3. The van der Waals surface area contributed by atoms with Gasteiger partial charge in [-0.15, -0.1) is 0 Å². The molecule has 1 saturated heterocycles. The molecule has 0 unspecified atom stereocenters. The minimum absolute atomic E-state index is 0.104. The molecule has 10 nitrogen and oxygen atoms in total. The van der Waals surface area contributed by atoms with Crippen LogP contribution in [0.5, 0.6) is 0 Å². The minimum atomic E-state index is -4.71. The van der Waals surface area contributed by atoms with Crippen molar-refractivity contribution in [2.75, 3.05) is 29.1 Å². The molecule has 1 aliphatic heterocycles. The number of pyridine rings is 1. The Balaban J connectivity index is 1.59. The van der Waals surface area contributed by atoms with Crippen molar-refractivity contribution in [3.8, 4) is 0 Å². The zero-order chi connectivity index (χ0) is 24.7. The SMILES string of the molecule is CC[C@@]1([C@@H](O)C(=O)Nc2ccc3c(N)noc3c2)OCCN(c2cccc(C(F)(F)F)n2)C1=O. The lowest BCUT2D eigenvalue weighted by atomic mass is 9.89. The van der Waals surface area contributed by atoms with Crippen LogP contribution < -0.4 is 16.0 Å². The number of hydrogen-bond acceptors (Lipinski definition) is 8. The summed E-state index contributed by atoms with van der Waals surface area (Å²) in [6, 6.07) is 7.64. The molecule has 4 N–H and O–H groups in total. The van der Waals surface area contributed by atoms with Gasteiger partial charge in [0, 0.05) is 11.8 Å². The third kappa shape index (κ3) is 4.03.